The van der Waals surface area contributed by atoms with Gasteiger partial charge in [0.1, 0.15) is 6.29 Å². The van der Waals surface area contributed by atoms with E-state index in [4.69, 9.17) is 0 Å². The Morgan fingerprint density at radius 2 is 1.10 bits per heavy atom. The van der Waals surface area contributed by atoms with Crippen molar-refractivity contribution in [2.24, 2.45) is 0 Å². The number of hydrogen-bond acceptors (Lipinski definition) is 9. The number of nitrogens with zero attached hydrogens (tertiary/aromatic N) is 4. The summed E-state index contributed by atoms with van der Waals surface area (Å²) in [6, 6.07) is 7.21. The fourth-order valence-electron chi connectivity index (χ4n) is 4.70. The van der Waals surface area contributed by atoms with Gasteiger partial charge in [0.25, 0.3) is 0 Å². The molecular formula is C26H38N4O9. The highest BCUT2D eigenvalue weighted by Gasteiger charge is 2.27. The Bertz CT molecular complexity index is 973. The molecule has 13 nitrogen and oxygen atoms in total. The summed E-state index contributed by atoms with van der Waals surface area (Å²) in [4.78, 5) is 63.7. The molecule has 1 aliphatic rings. The average Bonchev–Trinajstić information content (AvgIpc) is 2.85. The van der Waals surface area contributed by atoms with Crippen molar-refractivity contribution in [3.05, 3.63) is 35.4 Å². The highest BCUT2D eigenvalue weighted by Crippen LogP contribution is 2.15. The number of rotatable bonds is 13. The van der Waals surface area contributed by atoms with Gasteiger partial charge in [-0.25, -0.2) is 0 Å². The zero-order valence-corrected chi connectivity index (χ0v) is 22.0. The van der Waals surface area contributed by atoms with Gasteiger partial charge >= 0.3 is 23.9 Å². The van der Waals surface area contributed by atoms with E-state index in [0.717, 1.165) is 17.4 Å². The Balaban J connectivity index is 2.38. The molecule has 0 aliphatic carbocycles. The van der Waals surface area contributed by atoms with Crippen LogP contribution in [0, 0.1) is 0 Å². The molecule has 1 unspecified atom stereocenters. The molecule has 1 heterocycles. The summed E-state index contributed by atoms with van der Waals surface area (Å²) in [7, 11) is 0. The molecule has 1 fully saturated rings. The van der Waals surface area contributed by atoms with Crippen LogP contribution >= 0.6 is 0 Å². The van der Waals surface area contributed by atoms with Gasteiger partial charge in [0, 0.05) is 58.3 Å². The lowest BCUT2D eigenvalue weighted by Crippen LogP contribution is -2.53. The molecule has 1 atom stereocenters. The molecule has 1 aromatic carbocycles. The number of aryl methyl sites for hydroxylation is 1. The quantitative estimate of drug-likeness (QED) is 0.227. The van der Waals surface area contributed by atoms with Gasteiger partial charge in [-0.3, -0.25) is 38.8 Å². The molecular weight excluding hydrogens is 512 g/mol. The number of carboxylic acid groups (broad SMARTS) is 4. The lowest BCUT2D eigenvalue weighted by molar-refractivity contribution is -0.142. The van der Waals surface area contributed by atoms with Crippen LogP contribution in [0.2, 0.25) is 0 Å². The van der Waals surface area contributed by atoms with Crippen LogP contribution in [0.15, 0.2) is 24.3 Å². The predicted octanol–water partition coefficient (Wildman–Crippen LogP) is -0.711. The summed E-state index contributed by atoms with van der Waals surface area (Å²) in [5.41, 5.74) is 1.89. The highest BCUT2D eigenvalue weighted by molar-refractivity contribution is 5.70. The van der Waals surface area contributed by atoms with Crippen LogP contribution in [0.1, 0.15) is 17.5 Å². The molecule has 0 saturated carbocycles. The van der Waals surface area contributed by atoms with E-state index in [1.807, 2.05) is 24.3 Å². The van der Waals surface area contributed by atoms with Crippen LogP contribution in [-0.4, -0.2) is 148 Å². The van der Waals surface area contributed by atoms with Crippen LogP contribution in [0.25, 0.3) is 0 Å². The van der Waals surface area contributed by atoms with Gasteiger partial charge in [-0.15, -0.1) is 0 Å². The van der Waals surface area contributed by atoms with Crippen LogP contribution in [0.3, 0.4) is 0 Å². The molecule has 4 N–H and O–H groups in total. The first-order valence-corrected chi connectivity index (χ1v) is 12.9. The molecule has 1 aromatic rings. The number of aliphatic carboxylic acids is 4. The molecule has 1 saturated heterocycles. The summed E-state index contributed by atoms with van der Waals surface area (Å²) < 4.78 is 0. The average molecular weight is 551 g/mol. The molecule has 216 valence electrons. The Morgan fingerprint density at radius 1 is 0.667 bits per heavy atom. The number of carboxylic acids is 4. The first-order chi connectivity index (χ1) is 18.5. The maximum atomic E-state index is 11.8. The Labute approximate surface area is 227 Å². The standard InChI is InChI=1S/C26H38N4O9/c31-13-1-2-20-3-5-21(6-4-20)14-22-15-29(18-25(36)37)10-9-27(16-23(32)33)7-8-28(17-24(34)35)11-12-30(22)19-26(38)39/h3-6,13,22H,1-2,7-12,14-19H2,(H,32,33)(H,34,35)(H,36,37)(H,38,39). The van der Waals surface area contributed by atoms with Crippen molar-refractivity contribution < 1.29 is 44.4 Å². The first-order valence-electron chi connectivity index (χ1n) is 12.9. The van der Waals surface area contributed by atoms with Gasteiger partial charge in [-0.1, -0.05) is 24.3 Å². The lowest BCUT2D eigenvalue weighted by atomic mass is 10.0. The van der Waals surface area contributed by atoms with Gasteiger partial charge in [-0.2, -0.15) is 0 Å². The third-order valence-corrected chi connectivity index (χ3v) is 6.61. The topological polar surface area (TPSA) is 179 Å². The summed E-state index contributed by atoms with van der Waals surface area (Å²) in [6.45, 7) is 0.522. The minimum absolute atomic E-state index is 0.215. The second-order valence-corrected chi connectivity index (χ2v) is 9.71. The molecule has 0 bridgehead atoms. The number of benzene rings is 1. The maximum absolute atomic E-state index is 11.8. The van der Waals surface area contributed by atoms with Crippen molar-refractivity contribution in [3.8, 4) is 0 Å². The van der Waals surface area contributed by atoms with Crippen LogP contribution in [0.5, 0.6) is 0 Å². The minimum atomic E-state index is -1.06. The fraction of sp³-hybridized carbons (Fsp3) is 0.577. The van der Waals surface area contributed by atoms with E-state index in [1.54, 1.807) is 19.6 Å². The van der Waals surface area contributed by atoms with E-state index in [2.05, 4.69) is 0 Å². The molecule has 39 heavy (non-hydrogen) atoms. The summed E-state index contributed by atoms with van der Waals surface area (Å²) in [5, 5.41) is 37.9. The van der Waals surface area contributed by atoms with Crippen molar-refractivity contribution in [1.82, 2.24) is 19.6 Å². The van der Waals surface area contributed by atoms with Crippen LogP contribution in [-0.2, 0) is 36.8 Å². The number of aldehydes is 1. The van der Waals surface area contributed by atoms with Gasteiger partial charge in [0.15, 0.2) is 0 Å². The zero-order valence-electron chi connectivity index (χ0n) is 22.0. The van der Waals surface area contributed by atoms with Crippen molar-refractivity contribution in [1.29, 1.82) is 0 Å². The van der Waals surface area contributed by atoms with E-state index >= 15 is 0 Å². The lowest BCUT2D eigenvalue weighted by Gasteiger charge is -2.37. The van der Waals surface area contributed by atoms with Crippen LogP contribution < -0.4 is 0 Å². The van der Waals surface area contributed by atoms with E-state index < -0.39 is 29.9 Å². The number of carbonyl (C=O) groups excluding carboxylic acids is 1. The third-order valence-electron chi connectivity index (χ3n) is 6.61. The fourth-order valence-corrected chi connectivity index (χ4v) is 4.70. The molecule has 0 aromatic heterocycles. The third kappa shape index (κ3) is 12.8. The van der Waals surface area contributed by atoms with Gasteiger partial charge in [0.05, 0.1) is 26.2 Å². The normalized spacial score (nSPS) is 19.0. The SMILES string of the molecule is O=CCCc1ccc(CC2CN(CC(=O)O)CCN(CC(=O)O)CCN(CC(=O)O)CCN2CC(=O)O)cc1. The van der Waals surface area contributed by atoms with E-state index in [0.29, 0.717) is 19.3 Å². The number of hydrogen-bond donors (Lipinski definition) is 4. The molecule has 13 heteroatoms. The van der Waals surface area contributed by atoms with E-state index in [-0.39, 0.29) is 72.0 Å². The zero-order chi connectivity index (χ0) is 28.8. The Morgan fingerprint density at radius 3 is 1.59 bits per heavy atom. The predicted molar refractivity (Wildman–Crippen MR) is 140 cm³/mol. The first kappa shape index (κ1) is 31.8. The largest absolute Gasteiger partial charge is 0.480 e. The van der Waals surface area contributed by atoms with Gasteiger partial charge < -0.3 is 25.2 Å². The monoisotopic (exact) mass is 550 g/mol. The highest BCUT2D eigenvalue weighted by atomic mass is 16.4. The van der Waals surface area contributed by atoms with Crippen molar-refractivity contribution in [3.63, 3.8) is 0 Å². The van der Waals surface area contributed by atoms with E-state index in [1.165, 1.54) is 0 Å². The second kappa shape index (κ2) is 16.5. The second-order valence-electron chi connectivity index (χ2n) is 9.71. The summed E-state index contributed by atoms with van der Waals surface area (Å²) in [5.74, 6) is -4.20. The minimum Gasteiger partial charge on any atom is -0.480 e. The van der Waals surface area contributed by atoms with Crippen molar-refractivity contribution >= 4 is 30.2 Å². The molecule has 0 amide bonds. The maximum Gasteiger partial charge on any atom is 0.317 e. The molecule has 0 spiro atoms. The summed E-state index contributed by atoms with van der Waals surface area (Å²) in [6.07, 6.45) is 2.28. The molecule has 1 aliphatic heterocycles. The smallest absolute Gasteiger partial charge is 0.317 e. The van der Waals surface area contributed by atoms with Crippen molar-refractivity contribution in [2.75, 3.05) is 72.0 Å². The Kier molecular flexibility index (Phi) is 13.5. The number of carbonyl (C=O) groups is 5. The van der Waals surface area contributed by atoms with Gasteiger partial charge in [-0.05, 0) is 24.0 Å². The molecule has 0 radical (unpaired) electrons. The Hall–Kier alpha value is -3.39. The van der Waals surface area contributed by atoms with Crippen molar-refractivity contribution in [2.45, 2.75) is 25.3 Å². The molecule has 2 rings (SSSR count). The summed E-state index contributed by atoms with van der Waals surface area (Å²) >= 11 is 0. The van der Waals surface area contributed by atoms with Gasteiger partial charge in [0.2, 0.25) is 0 Å². The van der Waals surface area contributed by atoms with Crippen LogP contribution in [0.4, 0.5) is 0 Å². The van der Waals surface area contributed by atoms with E-state index in [9.17, 15) is 44.4 Å².